The monoisotopic (exact) mass is 407 g/mol. The molecular formula is C23H15ClFNO3. The zero-order valence-corrected chi connectivity index (χ0v) is 15.9. The minimum atomic E-state index is -0.522. The molecule has 4 rings (SSSR count). The standard InChI is InChI=1S/C23H15ClFNO3/c24-20-13-15(9-10-21(20)28-14-16-5-4-8-18(25)11-16)12-19-22(26-29-23(19)27)17-6-2-1-3-7-17/h1-13H,14H2/b19-12-. The summed E-state index contributed by atoms with van der Waals surface area (Å²) < 4.78 is 18.9. The van der Waals surface area contributed by atoms with E-state index in [4.69, 9.17) is 21.2 Å². The van der Waals surface area contributed by atoms with Gasteiger partial charge in [-0.05, 0) is 41.5 Å². The van der Waals surface area contributed by atoms with Crippen molar-refractivity contribution in [2.45, 2.75) is 6.61 Å². The third-order valence-electron chi connectivity index (χ3n) is 4.29. The van der Waals surface area contributed by atoms with Gasteiger partial charge in [-0.3, -0.25) is 0 Å². The fourth-order valence-electron chi connectivity index (χ4n) is 2.89. The van der Waals surface area contributed by atoms with Crippen LogP contribution in [0.2, 0.25) is 5.02 Å². The predicted octanol–water partition coefficient (Wildman–Crippen LogP) is 5.40. The van der Waals surface area contributed by atoms with E-state index in [1.54, 1.807) is 36.4 Å². The van der Waals surface area contributed by atoms with Crippen molar-refractivity contribution in [3.05, 3.63) is 106 Å². The van der Waals surface area contributed by atoms with Gasteiger partial charge in [0.15, 0.2) is 0 Å². The molecule has 4 nitrogen and oxygen atoms in total. The highest BCUT2D eigenvalue weighted by Gasteiger charge is 2.26. The first-order chi connectivity index (χ1) is 14.1. The van der Waals surface area contributed by atoms with Crippen LogP contribution in [0.15, 0.2) is 83.5 Å². The summed E-state index contributed by atoms with van der Waals surface area (Å²) >= 11 is 6.33. The topological polar surface area (TPSA) is 47.9 Å². The van der Waals surface area contributed by atoms with Crippen LogP contribution in [-0.4, -0.2) is 11.7 Å². The van der Waals surface area contributed by atoms with Crippen molar-refractivity contribution >= 4 is 29.4 Å². The first kappa shape index (κ1) is 18.9. The Bertz CT molecular complexity index is 1130. The van der Waals surface area contributed by atoms with Crippen LogP contribution < -0.4 is 4.74 Å². The second kappa shape index (κ2) is 8.29. The van der Waals surface area contributed by atoms with Gasteiger partial charge in [0.25, 0.3) is 0 Å². The van der Waals surface area contributed by atoms with Gasteiger partial charge in [-0.2, -0.15) is 0 Å². The molecule has 1 aliphatic heterocycles. The minimum Gasteiger partial charge on any atom is -0.487 e. The Hall–Kier alpha value is -3.44. The van der Waals surface area contributed by atoms with E-state index < -0.39 is 5.97 Å². The highest BCUT2D eigenvalue weighted by atomic mass is 35.5. The van der Waals surface area contributed by atoms with Crippen molar-refractivity contribution in [2.75, 3.05) is 0 Å². The number of rotatable bonds is 5. The number of hydrogen-bond donors (Lipinski definition) is 0. The van der Waals surface area contributed by atoms with E-state index in [-0.39, 0.29) is 12.4 Å². The number of ether oxygens (including phenoxy) is 1. The Kier molecular flexibility index (Phi) is 5.40. The Morgan fingerprint density at radius 2 is 1.86 bits per heavy atom. The second-order valence-electron chi connectivity index (χ2n) is 6.35. The lowest BCUT2D eigenvalue weighted by Crippen LogP contribution is -2.06. The summed E-state index contributed by atoms with van der Waals surface area (Å²) in [7, 11) is 0. The van der Waals surface area contributed by atoms with Crippen LogP contribution in [0.4, 0.5) is 4.39 Å². The maximum Gasteiger partial charge on any atom is 0.368 e. The van der Waals surface area contributed by atoms with Crippen LogP contribution in [0, 0.1) is 5.82 Å². The fourth-order valence-corrected chi connectivity index (χ4v) is 3.14. The highest BCUT2D eigenvalue weighted by Crippen LogP contribution is 2.28. The first-order valence-electron chi connectivity index (χ1n) is 8.84. The van der Waals surface area contributed by atoms with E-state index in [9.17, 15) is 9.18 Å². The molecule has 0 unspecified atom stereocenters. The molecule has 0 saturated carbocycles. The average Bonchev–Trinajstić information content (AvgIpc) is 3.08. The van der Waals surface area contributed by atoms with Crippen molar-refractivity contribution in [3.63, 3.8) is 0 Å². The lowest BCUT2D eigenvalue weighted by Gasteiger charge is -2.09. The summed E-state index contributed by atoms with van der Waals surface area (Å²) in [4.78, 5) is 17.0. The Morgan fingerprint density at radius 1 is 1.03 bits per heavy atom. The summed E-state index contributed by atoms with van der Waals surface area (Å²) in [6.07, 6.45) is 1.67. The highest BCUT2D eigenvalue weighted by molar-refractivity contribution is 6.33. The van der Waals surface area contributed by atoms with Gasteiger partial charge >= 0.3 is 5.97 Å². The summed E-state index contributed by atoms with van der Waals surface area (Å²) in [5.41, 5.74) is 3.00. The number of hydrogen-bond acceptors (Lipinski definition) is 4. The molecule has 3 aromatic carbocycles. The molecule has 0 spiro atoms. The van der Waals surface area contributed by atoms with Crippen LogP contribution in [0.1, 0.15) is 16.7 Å². The lowest BCUT2D eigenvalue weighted by molar-refractivity contribution is -0.136. The number of halogens is 2. The molecule has 1 heterocycles. The van der Waals surface area contributed by atoms with Gasteiger partial charge < -0.3 is 9.57 Å². The molecule has 0 bridgehead atoms. The van der Waals surface area contributed by atoms with E-state index in [1.165, 1.54) is 12.1 Å². The molecule has 0 saturated heterocycles. The van der Waals surface area contributed by atoms with Crippen molar-refractivity contribution in [1.82, 2.24) is 0 Å². The SMILES string of the molecule is O=C1ON=C(c2ccccc2)/C1=C/c1ccc(OCc2cccc(F)c2)c(Cl)c1. The Balaban J connectivity index is 1.54. The van der Waals surface area contributed by atoms with Crippen molar-refractivity contribution in [1.29, 1.82) is 0 Å². The minimum absolute atomic E-state index is 0.190. The number of nitrogens with zero attached hydrogens (tertiary/aromatic N) is 1. The third-order valence-corrected chi connectivity index (χ3v) is 4.59. The Labute approximate surface area is 171 Å². The normalized spacial score (nSPS) is 14.6. The van der Waals surface area contributed by atoms with Crippen molar-refractivity contribution in [2.24, 2.45) is 5.16 Å². The van der Waals surface area contributed by atoms with Crippen LogP contribution in [0.25, 0.3) is 6.08 Å². The number of oxime groups is 1. The second-order valence-corrected chi connectivity index (χ2v) is 6.76. The van der Waals surface area contributed by atoms with E-state index in [0.717, 1.165) is 5.56 Å². The molecule has 0 fully saturated rings. The van der Waals surface area contributed by atoms with Gasteiger partial charge in [0.2, 0.25) is 0 Å². The van der Waals surface area contributed by atoms with Crippen molar-refractivity contribution < 1.29 is 18.8 Å². The smallest absolute Gasteiger partial charge is 0.368 e. The van der Waals surface area contributed by atoms with Gasteiger partial charge in [0.05, 0.1) is 10.6 Å². The maximum absolute atomic E-state index is 13.3. The zero-order valence-electron chi connectivity index (χ0n) is 15.1. The third kappa shape index (κ3) is 4.36. The average molecular weight is 408 g/mol. The van der Waals surface area contributed by atoms with Gasteiger partial charge in [-0.25, -0.2) is 9.18 Å². The molecule has 0 N–H and O–H groups in total. The molecule has 0 radical (unpaired) electrons. The molecule has 1 aliphatic rings. The molecule has 29 heavy (non-hydrogen) atoms. The molecule has 144 valence electrons. The lowest BCUT2D eigenvalue weighted by atomic mass is 10.0. The van der Waals surface area contributed by atoms with Crippen LogP contribution in [0.3, 0.4) is 0 Å². The van der Waals surface area contributed by atoms with Gasteiger partial charge in [-0.1, -0.05) is 65.3 Å². The molecule has 3 aromatic rings. The van der Waals surface area contributed by atoms with Gasteiger partial charge in [0, 0.05) is 5.56 Å². The van der Waals surface area contributed by atoms with Gasteiger partial charge in [0.1, 0.15) is 23.9 Å². The summed E-state index contributed by atoms with van der Waals surface area (Å²) in [6, 6.07) is 20.6. The fraction of sp³-hybridized carbons (Fsp3) is 0.0435. The molecule has 0 aliphatic carbocycles. The van der Waals surface area contributed by atoms with Crippen LogP contribution >= 0.6 is 11.6 Å². The van der Waals surface area contributed by atoms with Gasteiger partial charge in [-0.15, -0.1) is 0 Å². The summed E-state index contributed by atoms with van der Waals surface area (Å²) in [6.45, 7) is 0.190. The quantitative estimate of drug-likeness (QED) is 0.420. The summed E-state index contributed by atoms with van der Waals surface area (Å²) in [5.74, 6) is -0.381. The molecule has 0 aromatic heterocycles. The first-order valence-corrected chi connectivity index (χ1v) is 9.21. The molecular weight excluding hydrogens is 393 g/mol. The molecule has 6 heteroatoms. The van der Waals surface area contributed by atoms with E-state index >= 15 is 0 Å². The van der Waals surface area contributed by atoms with Crippen LogP contribution in [-0.2, 0) is 16.2 Å². The zero-order chi connectivity index (χ0) is 20.2. The Morgan fingerprint density at radius 3 is 2.62 bits per heavy atom. The number of carbonyl (C=O) groups excluding carboxylic acids is 1. The predicted molar refractivity (Wildman–Crippen MR) is 109 cm³/mol. The summed E-state index contributed by atoms with van der Waals surface area (Å²) in [5, 5.41) is 4.26. The van der Waals surface area contributed by atoms with E-state index in [1.807, 2.05) is 30.3 Å². The van der Waals surface area contributed by atoms with E-state index in [2.05, 4.69) is 5.16 Å². The van der Waals surface area contributed by atoms with Crippen molar-refractivity contribution in [3.8, 4) is 5.75 Å². The largest absolute Gasteiger partial charge is 0.487 e. The molecule has 0 amide bonds. The maximum atomic E-state index is 13.3. The van der Waals surface area contributed by atoms with Crippen LogP contribution in [0.5, 0.6) is 5.75 Å². The molecule has 0 atom stereocenters. The number of benzene rings is 3. The van der Waals surface area contributed by atoms with E-state index in [0.29, 0.717) is 33.2 Å². The number of carbonyl (C=O) groups is 1.